The van der Waals surface area contributed by atoms with Gasteiger partial charge in [-0.05, 0) is 162 Å². The summed E-state index contributed by atoms with van der Waals surface area (Å²) in [4.78, 5) is 9.15. The number of ether oxygens (including phenoxy) is 2. The Bertz CT molecular complexity index is 4060. The summed E-state index contributed by atoms with van der Waals surface area (Å²) in [6, 6.07) is 59.4. The van der Waals surface area contributed by atoms with Crippen LogP contribution in [-0.2, 0) is 9.13 Å². The molecule has 6 aliphatic rings. The Morgan fingerprint density at radius 1 is 0.297 bits per heavy atom. The van der Waals surface area contributed by atoms with Crippen molar-refractivity contribution in [1.82, 2.24) is 0 Å². The maximum atomic E-state index is 17.6. The van der Waals surface area contributed by atoms with E-state index >= 15 is 9.13 Å². The van der Waals surface area contributed by atoms with Crippen LogP contribution in [0.25, 0.3) is 10.8 Å². The predicted octanol–water partition coefficient (Wildman–Crippen LogP) is 15.3. The fourth-order valence-corrected chi connectivity index (χ4v) is 19.9. The van der Waals surface area contributed by atoms with E-state index in [9.17, 15) is 0 Å². The summed E-state index contributed by atoms with van der Waals surface area (Å²) in [5.74, 6) is 2.15. The first-order valence-electron chi connectivity index (χ1n) is 25.2. The van der Waals surface area contributed by atoms with Crippen LogP contribution < -0.4 is 60.9 Å². The SMILES string of the molecule is Cc1ccc(N2c3cccc4c3P3(=O)c5c2cc(C)cc5N(c2ccc(C)cc2)c2c3c(cc3c5c6c(cc23)Oc2cccc3c2P6(=O)c2c(cc(C)cc2N5c2ccc(C)cc2)N3c2ccc(C)cc2)O4)cc1. The Balaban J connectivity index is 1.08. The van der Waals surface area contributed by atoms with E-state index < -0.39 is 14.3 Å². The number of aryl methyl sites for hydroxylation is 6. The highest BCUT2D eigenvalue weighted by Gasteiger charge is 2.58. The third-order valence-corrected chi connectivity index (χ3v) is 22.5. The van der Waals surface area contributed by atoms with Crippen LogP contribution in [0.1, 0.15) is 33.4 Å². The molecule has 74 heavy (non-hydrogen) atoms. The third kappa shape index (κ3) is 5.19. The van der Waals surface area contributed by atoms with Crippen LogP contribution in [0.5, 0.6) is 23.0 Å². The zero-order valence-corrected chi connectivity index (χ0v) is 43.3. The van der Waals surface area contributed by atoms with E-state index in [1.54, 1.807) is 0 Å². The first kappa shape index (κ1) is 42.2. The van der Waals surface area contributed by atoms with E-state index in [1.165, 1.54) is 0 Å². The molecule has 356 valence electrons. The standard InChI is InChI=1S/C64H46N4O4P2/c1-35-13-21-41(22-14-35)65-47-9-7-11-53-61(47)73(69)59-49(65)29-39(5)31-51(59)67(43-25-17-37(3)18-26-43)57-45-34-56-64-58(46(45)33-55(71-53)63(57)73)68(44-27-19-38(4)20-28-44)52-32-40(6)30-50-60(52)74(64,70)62-48(10-8-12-54(62)72-56)66(50)42-23-15-36(2)16-24-42/h7-34H,1-6H3. The molecule has 0 aromatic heterocycles. The minimum Gasteiger partial charge on any atom is -0.456 e. The lowest BCUT2D eigenvalue weighted by atomic mass is 9.99. The normalized spacial score (nSPS) is 18.2. The van der Waals surface area contributed by atoms with E-state index in [-0.39, 0.29) is 0 Å². The molecule has 0 N–H and O–H groups in total. The van der Waals surface area contributed by atoms with Gasteiger partial charge in [0, 0.05) is 33.5 Å². The molecule has 8 nitrogen and oxygen atoms in total. The molecular weight excluding hydrogens is 951 g/mol. The highest BCUT2D eigenvalue weighted by Crippen LogP contribution is 2.71. The zero-order chi connectivity index (χ0) is 49.8. The minimum absolute atomic E-state index is 0.514. The Morgan fingerprint density at radius 2 is 0.608 bits per heavy atom. The number of hydrogen-bond donors (Lipinski definition) is 0. The van der Waals surface area contributed by atoms with Gasteiger partial charge in [-0.25, -0.2) is 0 Å². The Hall–Kier alpha value is -8.28. The van der Waals surface area contributed by atoms with Crippen molar-refractivity contribution in [3.05, 3.63) is 203 Å². The summed E-state index contributed by atoms with van der Waals surface area (Å²) in [5.41, 5.74) is 17.0. The molecular formula is C64H46N4O4P2. The van der Waals surface area contributed by atoms with Crippen LogP contribution in [0.15, 0.2) is 170 Å². The maximum absolute atomic E-state index is 17.6. The molecule has 2 unspecified atom stereocenters. The van der Waals surface area contributed by atoms with Crippen molar-refractivity contribution < 1.29 is 18.6 Å². The average molecular weight is 997 g/mol. The van der Waals surface area contributed by atoms with Crippen molar-refractivity contribution in [2.24, 2.45) is 0 Å². The van der Waals surface area contributed by atoms with Gasteiger partial charge in [0.2, 0.25) is 0 Å². The molecule has 6 aliphatic heterocycles. The molecule has 0 radical (unpaired) electrons. The van der Waals surface area contributed by atoms with Crippen molar-refractivity contribution in [1.29, 1.82) is 0 Å². The summed E-state index contributed by atoms with van der Waals surface area (Å²) >= 11 is 0. The second kappa shape index (κ2) is 14.3. The Kier molecular flexibility index (Phi) is 8.14. The van der Waals surface area contributed by atoms with Crippen LogP contribution in [0, 0.1) is 41.5 Å². The fourth-order valence-electron chi connectivity index (χ4n) is 12.9. The first-order chi connectivity index (χ1) is 35.9. The lowest BCUT2D eigenvalue weighted by Crippen LogP contribution is -2.46. The van der Waals surface area contributed by atoms with Gasteiger partial charge in [-0.3, -0.25) is 0 Å². The van der Waals surface area contributed by atoms with Crippen LogP contribution in [0.2, 0.25) is 0 Å². The van der Waals surface area contributed by atoms with Gasteiger partial charge in [-0.1, -0.05) is 82.9 Å². The number of hydrogen-bond acceptors (Lipinski definition) is 8. The summed E-state index contributed by atoms with van der Waals surface area (Å²) in [6.45, 7) is 12.7. The molecule has 0 amide bonds. The van der Waals surface area contributed by atoms with E-state index in [0.717, 1.165) is 123 Å². The molecule has 10 heteroatoms. The molecule has 6 heterocycles. The van der Waals surface area contributed by atoms with Crippen molar-refractivity contribution in [3.8, 4) is 23.0 Å². The predicted molar refractivity (Wildman–Crippen MR) is 304 cm³/mol. The topological polar surface area (TPSA) is 65.6 Å². The highest BCUT2D eigenvalue weighted by molar-refractivity contribution is 7.87. The molecule has 10 aromatic rings. The summed E-state index contributed by atoms with van der Waals surface area (Å²) in [7, 11) is -7.52. The van der Waals surface area contributed by atoms with Gasteiger partial charge < -0.3 is 38.2 Å². The Labute approximate surface area is 429 Å². The van der Waals surface area contributed by atoms with Crippen molar-refractivity contribution >= 4 is 125 Å². The van der Waals surface area contributed by atoms with Gasteiger partial charge >= 0.3 is 0 Å². The van der Waals surface area contributed by atoms with Gasteiger partial charge in [0.25, 0.3) is 0 Å². The largest absolute Gasteiger partial charge is 0.456 e. The first-order valence-corrected chi connectivity index (χ1v) is 28.6. The van der Waals surface area contributed by atoms with Crippen molar-refractivity contribution in [3.63, 3.8) is 0 Å². The number of benzene rings is 10. The summed E-state index contributed by atoms with van der Waals surface area (Å²) in [6.07, 6.45) is 0. The van der Waals surface area contributed by atoms with Crippen molar-refractivity contribution in [2.45, 2.75) is 41.5 Å². The van der Waals surface area contributed by atoms with E-state index in [1.807, 2.05) is 24.3 Å². The maximum Gasteiger partial charge on any atom is 0.186 e. The van der Waals surface area contributed by atoms with Gasteiger partial charge in [0.15, 0.2) is 14.3 Å². The van der Waals surface area contributed by atoms with E-state index in [0.29, 0.717) is 44.2 Å². The molecule has 10 aromatic carbocycles. The number of anilines is 12. The molecule has 0 fully saturated rings. The smallest absolute Gasteiger partial charge is 0.186 e. The van der Waals surface area contributed by atoms with Gasteiger partial charge in [0.1, 0.15) is 23.0 Å². The second-order valence-electron chi connectivity index (χ2n) is 20.9. The molecule has 2 atom stereocenters. The van der Waals surface area contributed by atoms with Crippen LogP contribution in [0.4, 0.5) is 68.2 Å². The van der Waals surface area contributed by atoms with Crippen LogP contribution >= 0.6 is 14.3 Å². The number of nitrogens with zero attached hydrogens (tertiary/aromatic N) is 4. The third-order valence-electron chi connectivity index (χ3n) is 16.0. The van der Waals surface area contributed by atoms with Crippen LogP contribution in [0.3, 0.4) is 0 Å². The Morgan fingerprint density at radius 3 is 0.946 bits per heavy atom. The lowest BCUT2D eigenvalue weighted by molar-refractivity contribution is 0.484. The van der Waals surface area contributed by atoms with Crippen LogP contribution in [-0.4, -0.2) is 0 Å². The summed E-state index contributed by atoms with van der Waals surface area (Å²) < 4.78 is 49.9. The summed E-state index contributed by atoms with van der Waals surface area (Å²) in [5, 5.41) is 5.85. The number of rotatable bonds is 4. The van der Waals surface area contributed by atoms with Gasteiger partial charge in [0.05, 0.1) is 77.3 Å². The monoisotopic (exact) mass is 996 g/mol. The molecule has 0 saturated heterocycles. The molecule has 0 bridgehead atoms. The van der Waals surface area contributed by atoms with Gasteiger partial charge in [-0.15, -0.1) is 0 Å². The molecule has 0 spiro atoms. The molecule has 16 rings (SSSR count). The molecule has 0 saturated carbocycles. The average Bonchev–Trinajstić information content (AvgIpc) is 3.57. The minimum atomic E-state index is -3.76. The van der Waals surface area contributed by atoms with Crippen molar-refractivity contribution in [2.75, 3.05) is 19.6 Å². The zero-order valence-electron chi connectivity index (χ0n) is 41.5. The molecule has 0 aliphatic carbocycles. The highest BCUT2D eigenvalue weighted by atomic mass is 31.2. The quantitative estimate of drug-likeness (QED) is 0.162. The fraction of sp³-hybridized carbons (Fsp3) is 0.0938. The lowest BCUT2D eigenvalue weighted by Gasteiger charge is -2.49. The van der Waals surface area contributed by atoms with E-state index in [4.69, 9.17) is 9.47 Å². The van der Waals surface area contributed by atoms with E-state index in [2.05, 4.69) is 207 Å². The van der Waals surface area contributed by atoms with Gasteiger partial charge in [-0.2, -0.15) is 0 Å². The second-order valence-corrected chi connectivity index (χ2v) is 26.0. The number of fused-ring (bicyclic) bond motifs is 3.